The molecule has 1 N–H and O–H groups in total. The van der Waals surface area contributed by atoms with Gasteiger partial charge in [0.25, 0.3) is 0 Å². The number of fused-ring (bicyclic) bond motifs is 1. The van der Waals surface area contributed by atoms with Gasteiger partial charge in [-0.05, 0) is 44.6 Å². The van der Waals surface area contributed by atoms with Crippen molar-refractivity contribution in [2.45, 2.75) is 19.4 Å². The second kappa shape index (κ2) is 7.22. The van der Waals surface area contributed by atoms with E-state index in [9.17, 15) is 4.79 Å². The monoisotopic (exact) mass is 346 g/mol. The summed E-state index contributed by atoms with van der Waals surface area (Å²) in [6.45, 7) is 7.12. The Balaban J connectivity index is 1.29. The van der Waals surface area contributed by atoms with Gasteiger partial charge in [-0.2, -0.15) is 0 Å². The lowest BCUT2D eigenvalue weighted by molar-refractivity contribution is -0.917. The summed E-state index contributed by atoms with van der Waals surface area (Å²) < 4.78 is 10.8. The summed E-state index contributed by atoms with van der Waals surface area (Å²) in [7, 11) is 2.12. The second-order valence-electron chi connectivity index (χ2n) is 7.54. The van der Waals surface area contributed by atoms with Crippen molar-refractivity contribution in [2.24, 2.45) is 5.92 Å². The minimum atomic E-state index is 0.203. The van der Waals surface area contributed by atoms with Crippen molar-refractivity contribution in [1.82, 2.24) is 9.80 Å². The fraction of sp³-hybridized carbons (Fsp3) is 0.632. The maximum atomic E-state index is 12.8. The van der Waals surface area contributed by atoms with Crippen molar-refractivity contribution in [3.05, 3.63) is 23.8 Å². The Morgan fingerprint density at radius 3 is 2.80 bits per heavy atom. The number of hydrogen-bond donors (Lipinski definition) is 1. The van der Waals surface area contributed by atoms with Crippen LogP contribution in [0.25, 0.3) is 0 Å². The van der Waals surface area contributed by atoms with E-state index in [2.05, 4.69) is 29.0 Å². The normalized spacial score (nSPS) is 24.5. The molecule has 3 aliphatic heterocycles. The lowest BCUT2D eigenvalue weighted by Gasteiger charge is -2.36. The van der Waals surface area contributed by atoms with Crippen LogP contribution in [0.3, 0.4) is 0 Å². The van der Waals surface area contributed by atoms with Crippen molar-refractivity contribution in [2.75, 3.05) is 53.1 Å². The molecule has 2 fully saturated rings. The number of piperazine rings is 1. The van der Waals surface area contributed by atoms with Crippen LogP contribution in [0.1, 0.15) is 18.4 Å². The van der Waals surface area contributed by atoms with Gasteiger partial charge in [0.05, 0.1) is 32.1 Å². The van der Waals surface area contributed by atoms with Crippen LogP contribution in [0.5, 0.6) is 11.5 Å². The van der Waals surface area contributed by atoms with E-state index in [1.807, 2.05) is 6.07 Å². The molecule has 0 spiro atoms. The molecule has 3 heterocycles. The summed E-state index contributed by atoms with van der Waals surface area (Å²) in [6.07, 6.45) is 2.19. The van der Waals surface area contributed by atoms with E-state index in [1.165, 1.54) is 10.5 Å². The summed E-state index contributed by atoms with van der Waals surface area (Å²) in [6, 6.07) is 6.21. The Hall–Kier alpha value is -1.79. The fourth-order valence-corrected chi connectivity index (χ4v) is 4.19. The Kier molecular flexibility index (Phi) is 4.81. The molecule has 1 aromatic rings. The summed E-state index contributed by atoms with van der Waals surface area (Å²) in [4.78, 5) is 18.7. The number of amides is 1. The number of benzene rings is 1. The zero-order valence-corrected chi connectivity index (χ0v) is 15.0. The first-order valence-electron chi connectivity index (χ1n) is 9.38. The number of quaternary nitrogens is 1. The molecule has 0 bridgehead atoms. The average molecular weight is 346 g/mol. The van der Waals surface area contributed by atoms with Crippen LogP contribution >= 0.6 is 0 Å². The van der Waals surface area contributed by atoms with Gasteiger partial charge in [0.2, 0.25) is 12.7 Å². The molecule has 0 saturated carbocycles. The largest absolute Gasteiger partial charge is 0.454 e. The smallest absolute Gasteiger partial charge is 0.231 e. The van der Waals surface area contributed by atoms with E-state index in [4.69, 9.17) is 9.47 Å². The minimum Gasteiger partial charge on any atom is -0.454 e. The predicted octanol–water partition coefficient (Wildman–Crippen LogP) is -0.0158. The molecule has 136 valence electrons. The van der Waals surface area contributed by atoms with Gasteiger partial charge in [-0.25, -0.2) is 0 Å². The number of hydrogen-bond acceptors (Lipinski definition) is 4. The first kappa shape index (κ1) is 16.7. The molecule has 0 aliphatic carbocycles. The third kappa shape index (κ3) is 3.75. The van der Waals surface area contributed by atoms with E-state index in [0.29, 0.717) is 12.7 Å². The second-order valence-corrected chi connectivity index (χ2v) is 7.54. The highest BCUT2D eigenvalue weighted by molar-refractivity contribution is 5.79. The number of nitrogens with one attached hydrogen (secondary N) is 1. The van der Waals surface area contributed by atoms with E-state index >= 15 is 0 Å². The van der Waals surface area contributed by atoms with Crippen molar-refractivity contribution >= 4 is 5.91 Å². The van der Waals surface area contributed by atoms with Gasteiger partial charge < -0.3 is 24.2 Å². The molecule has 1 unspecified atom stereocenters. The molecule has 0 radical (unpaired) electrons. The molecule has 3 aliphatic rings. The van der Waals surface area contributed by atoms with Crippen molar-refractivity contribution in [1.29, 1.82) is 0 Å². The third-order valence-electron chi connectivity index (χ3n) is 5.65. The Morgan fingerprint density at radius 2 is 2.00 bits per heavy atom. The SMILES string of the molecule is CN1CCCC(C(=O)N2CC[NH+](Cc3ccc4c(c3)OCO4)CC2)C1. The summed E-state index contributed by atoms with van der Waals surface area (Å²) in [5, 5.41) is 0. The Bertz CT molecular complexity index is 628. The molecule has 1 atom stereocenters. The van der Waals surface area contributed by atoms with Crippen molar-refractivity contribution < 1.29 is 19.2 Å². The first-order chi connectivity index (χ1) is 12.2. The number of rotatable bonds is 3. The molecule has 4 rings (SSSR count). The highest BCUT2D eigenvalue weighted by atomic mass is 16.7. The molecule has 6 heteroatoms. The van der Waals surface area contributed by atoms with Gasteiger partial charge in [0.15, 0.2) is 11.5 Å². The summed E-state index contributed by atoms with van der Waals surface area (Å²) >= 11 is 0. The zero-order chi connectivity index (χ0) is 17.2. The molecule has 1 aromatic carbocycles. The lowest BCUT2D eigenvalue weighted by atomic mass is 9.96. The molecular weight excluding hydrogens is 318 g/mol. The van der Waals surface area contributed by atoms with E-state index in [1.54, 1.807) is 0 Å². The summed E-state index contributed by atoms with van der Waals surface area (Å²) in [5.41, 5.74) is 1.27. The van der Waals surface area contributed by atoms with Gasteiger partial charge in [-0.3, -0.25) is 4.79 Å². The molecule has 6 nitrogen and oxygen atoms in total. The van der Waals surface area contributed by atoms with Crippen LogP contribution in [-0.2, 0) is 11.3 Å². The third-order valence-corrected chi connectivity index (χ3v) is 5.65. The number of nitrogens with zero attached hydrogens (tertiary/aromatic N) is 2. The number of carbonyl (C=O) groups is 1. The highest BCUT2D eigenvalue weighted by Gasteiger charge is 2.31. The van der Waals surface area contributed by atoms with Crippen LogP contribution in [0, 0.1) is 5.92 Å². The van der Waals surface area contributed by atoms with Crippen LogP contribution in [-0.4, -0.2) is 68.8 Å². The van der Waals surface area contributed by atoms with Crippen LogP contribution in [0.4, 0.5) is 0 Å². The highest BCUT2D eigenvalue weighted by Crippen LogP contribution is 2.32. The standard InChI is InChI=1S/C19H27N3O3/c1-20-6-2-3-16(13-20)19(23)22-9-7-21(8-10-22)12-15-4-5-17-18(11-15)25-14-24-17/h4-5,11,16H,2-3,6-10,12-14H2,1H3/p+1. The number of carbonyl (C=O) groups excluding carboxylic acids is 1. The van der Waals surface area contributed by atoms with Gasteiger partial charge in [0.1, 0.15) is 6.54 Å². The lowest BCUT2D eigenvalue weighted by Crippen LogP contribution is -3.13. The van der Waals surface area contributed by atoms with Crippen molar-refractivity contribution in [3.8, 4) is 11.5 Å². The quantitative estimate of drug-likeness (QED) is 0.836. The number of piperidine rings is 1. The number of likely N-dealkylation sites (tertiary alicyclic amines) is 1. The van der Waals surface area contributed by atoms with E-state index in [0.717, 1.165) is 70.2 Å². The molecule has 2 saturated heterocycles. The Morgan fingerprint density at radius 1 is 1.20 bits per heavy atom. The van der Waals surface area contributed by atoms with Crippen LogP contribution in [0.15, 0.2) is 18.2 Å². The van der Waals surface area contributed by atoms with Gasteiger partial charge in [-0.15, -0.1) is 0 Å². The van der Waals surface area contributed by atoms with E-state index < -0.39 is 0 Å². The zero-order valence-electron chi connectivity index (χ0n) is 15.0. The maximum Gasteiger partial charge on any atom is 0.231 e. The fourth-order valence-electron chi connectivity index (χ4n) is 4.19. The predicted molar refractivity (Wildman–Crippen MR) is 93.8 cm³/mol. The average Bonchev–Trinajstić information content (AvgIpc) is 3.09. The van der Waals surface area contributed by atoms with Gasteiger partial charge in [0, 0.05) is 12.1 Å². The van der Waals surface area contributed by atoms with Gasteiger partial charge in [-0.1, -0.05) is 0 Å². The first-order valence-corrected chi connectivity index (χ1v) is 9.38. The number of ether oxygens (including phenoxy) is 2. The van der Waals surface area contributed by atoms with Gasteiger partial charge >= 0.3 is 0 Å². The molecule has 25 heavy (non-hydrogen) atoms. The summed E-state index contributed by atoms with van der Waals surface area (Å²) in [5.74, 6) is 2.27. The van der Waals surface area contributed by atoms with Crippen molar-refractivity contribution in [3.63, 3.8) is 0 Å². The molecular formula is C19H28N3O3+. The maximum absolute atomic E-state index is 12.8. The van der Waals surface area contributed by atoms with E-state index in [-0.39, 0.29) is 5.92 Å². The Labute approximate surface area is 149 Å². The molecule has 0 aromatic heterocycles. The topological polar surface area (TPSA) is 46.5 Å². The van der Waals surface area contributed by atoms with Crippen LogP contribution in [0.2, 0.25) is 0 Å². The van der Waals surface area contributed by atoms with Crippen LogP contribution < -0.4 is 14.4 Å². The molecule has 1 amide bonds. The minimum absolute atomic E-state index is 0.203.